The Hall–Kier alpha value is -1.97. The number of nitrogens with two attached hydrogens (primary N) is 1. The van der Waals surface area contributed by atoms with E-state index >= 15 is 0 Å². The molecule has 21 heavy (non-hydrogen) atoms. The second-order valence-corrected chi connectivity index (χ2v) is 5.08. The van der Waals surface area contributed by atoms with Gasteiger partial charge < -0.3 is 15.0 Å². The highest BCUT2D eigenvalue weighted by atomic mass is 16.5. The summed E-state index contributed by atoms with van der Waals surface area (Å²) in [5.41, 5.74) is 8.22. The zero-order chi connectivity index (χ0) is 15.2. The van der Waals surface area contributed by atoms with Crippen molar-refractivity contribution >= 4 is 5.82 Å². The summed E-state index contributed by atoms with van der Waals surface area (Å²) in [6, 6.07) is 7.98. The topological polar surface area (TPSA) is 53.1 Å². The van der Waals surface area contributed by atoms with Crippen molar-refractivity contribution in [3.8, 4) is 17.0 Å². The minimum absolute atomic E-state index is 0.657. The molecule has 4 heteroatoms. The Bertz CT molecular complexity index is 590. The lowest BCUT2D eigenvalue weighted by molar-refractivity contribution is 0.340. The predicted molar refractivity (Wildman–Crippen MR) is 87.5 cm³/mol. The smallest absolute Gasteiger partial charge is 0.131 e. The van der Waals surface area contributed by atoms with Gasteiger partial charge in [-0.15, -0.1) is 0 Å². The Morgan fingerprint density at radius 2 is 2.05 bits per heavy atom. The van der Waals surface area contributed by atoms with E-state index in [2.05, 4.69) is 18.4 Å². The van der Waals surface area contributed by atoms with Crippen LogP contribution in [0.3, 0.4) is 0 Å². The highest BCUT2D eigenvalue weighted by Crippen LogP contribution is 2.29. The highest BCUT2D eigenvalue weighted by Gasteiger charge is 2.15. The second kappa shape index (κ2) is 7.16. The largest absolute Gasteiger partial charge is 0.494 e. The molecule has 1 aromatic heterocycles. The van der Waals surface area contributed by atoms with E-state index in [0.717, 1.165) is 54.5 Å². The van der Waals surface area contributed by atoms with Gasteiger partial charge in [0, 0.05) is 18.5 Å². The molecule has 2 rings (SSSR count). The van der Waals surface area contributed by atoms with Gasteiger partial charge in [-0.1, -0.05) is 32.4 Å². The summed E-state index contributed by atoms with van der Waals surface area (Å²) in [6.45, 7) is 7.87. The number of unbranched alkanes of at least 4 members (excludes halogenated alkanes) is 1. The molecule has 0 saturated heterocycles. The molecular formula is C17H25N3O. The van der Waals surface area contributed by atoms with Gasteiger partial charge in [0.15, 0.2) is 0 Å². The number of hydrogen-bond donors (Lipinski definition) is 1. The van der Waals surface area contributed by atoms with Crippen LogP contribution >= 0.6 is 0 Å². The maximum atomic E-state index is 6.34. The first-order chi connectivity index (χ1) is 10.2. The number of anilines is 1. The zero-order valence-corrected chi connectivity index (χ0v) is 13.2. The fourth-order valence-electron chi connectivity index (χ4n) is 2.46. The first-order valence-electron chi connectivity index (χ1n) is 7.79. The number of nitrogens with zero attached hydrogens (tertiary/aromatic N) is 2. The van der Waals surface area contributed by atoms with Gasteiger partial charge in [0.05, 0.1) is 6.61 Å². The quantitative estimate of drug-likeness (QED) is 0.840. The van der Waals surface area contributed by atoms with Crippen molar-refractivity contribution in [2.75, 3.05) is 12.3 Å². The molecule has 0 amide bonds. The lowest BCUT2D eigenvalue weighted by Gasteiger charge is -2.08. The van der Waals surface area contributed by atoms with Crippen LogP contribution in [-0.2, 0) is 13.0 Å². The molecule has 0 fully saturated rings. The standard InChI is InChI=1S/C17H25N3O/c1-4-7-11-20-15(5-2)19-16(17(20)18)13-9-8-10-14(12-13)21-6-3/h8-10,12H,4-7,11,18H2,1-3H3. The van der Waals surface area contributed by atoms with Crippen LogP contribution in [0.2, 0.25) is 0 Å². The summed E-state index contributed by atoms with van der Waals surface area (Å²) in [7, 11) is 0. The molecule has 0 saturated carbocycles. The lowest BCUT2D eigenvalue weighted by atomic mass is 10.1. The van der Waals surface area contributed by atoms with E-state index in [0.29, 0.717) is 6.61 Å². The molecule has 1 heterocycles. The number of nitrogen functional groups attached to an aromatic ring is 1. The molecule has 4 nitrogen and oxygen atoms in total. The number of ether oxygens (including phenoxy) is 1. The molecule has 0 radical (unpaired) electrons. The van der Waals surface area contributed by atoms with Crippen LogP contribution in [-0.4, -0.2) is 16.2 Å². The Kier molecular flexibility index (Phi) is 5.26. The van der Waals surface area contributed by atoms with E-state index in [9.17, 15) is 0 Å². The summed E-state index contributed by atoms with van der Waals surface area (Å²) < 4.78 is 7.71. The third kappa shape index (κ3) is 3.38. The van der Waals surface area contributed by atoms with Crippen LogP contribution < -0.4 is 10.5 Å². The Labute approximate surface area is 127 Å². The second-order valence-electron chi connectivity index (χ2n) is 5.08. The lowest BCUT2D eigenvalue weighted by Crippen LogP contribution is -2.06. The van der Waals surface area contributed by atoms with E-state index in [-0.39, 0.29) is 0 Å². The number of benzene rings is 1. The first-order valence-corrected chi connectivity index (χ1v) is 7.79. The van der Waals surface area contributed by atoms with Crippen molar-refractivity contribution in [1.82, 2.24) is 9.55 Å². The summed E-state index contributed by atoms with van der Waals surface area (Å²) in [5.74, 6) is 2.67. The average molecular weight is 287 g/mol. The van der Waals surface area contributed by atoms with Gasteiger partial charge in [-0.2, -0.15) is 0 Å². The van der Waals surface area contributed by atoms with Crippen molar-refractivity contribution in [1.29, 1.82) is 0 Å². The van der Waals surface area contributed by atoms with Gasteiger partial charge in [-0.05, 0) is 25.5 Å². The SMILES string of the molecule is CCCCn1c(CC)nc(-c2cccc(OCC)c2)c1N. The van der Waals surface area contributed by atoms with Gasteiger partial charge >= 0.3 is 0 Å². The van der Waals surface area contributed by atoms with Crippen LogP contribution in [0.15, 0.2) is 24.3 Å². The van der Waals surface area contributed by atoms with Gasteiger partial charge in [-0.25, -0.2) is 4.98 Å². The molecule has 0 spiro atoms. The van der Waals surface area contributed by atoms with Crippen molar-refractivity contribution in [3.05, 3.63) is 30.1 Å². The Morgan fingerprint density at radius 3 is 2.71 bits per heavy atom. The molecule has 114 valence electrons. The fraction of sp³-hybridized carbons (Fsp3) is 0.471. The van der Waals surface area contributed by atoms with Crippen molar-refractivity contribution in [2.24, 2.45) is 0 Å². The fourth-order valence-corrected chi connectivity index (χ4v) is 2.46. The molecule has 0 aliphatic carbocycles. The molecule has 0 unspecified atom stereocenters. The van der Waals surface area contributed by atoms with Gasteiger partial charge in [0.25, 0.3) is 0 Å². The monoisotopic (exact) mass is 287 g/mol. The van der Waals surface area contributed by atoms with E-state index in [1.807, 2.05) is 31.2 Å². The van der Waals surface area contributed by atoms with E-state index in [1.165, 1.54) is 0 Å². The maximum Gasteiger partial charge on any atom is 0.131 e. The number of hydrogen-bond acceptors (Lipinski definition) is 3. The van der Waals surface area contributed by atoms with E-state index < -0.39 is 0 Å². The van der Waals surface area contributed by atoms with Crippen molar-refractivity contribution in [2.45, 2.75) is 46.6 Å². The van der Waals surface area contributed by atoms with E-state index in [1.54, 1.807) is 0 Å². The summed E-state index contributed by atoms with van der Waals surface area (Å²) in [6.07, 6.45) is 3.15. The van der Waals surface area contributed by atoms with Crippen molar-refractivity contribution < 1.29 is 4.74 Å². The first kappa shape index (κ1) is 15.4. The normalized spacial score (nSPS) is 10.8. The van der Waals surface area contributed by atoms with Crippen LogP contribution in [0, 0.1) is 0 Å². The Balaban J connectivity index is 2.39. The molecule has 2 N–H and O–H groups in total. The molecule has 2 aromatic rings. The third-order valence-corrected chi connectivity index (χ3v) is 3.56. The number of aromatic nitrogens is 2. The van der Waals surface area contributed by atoms with E-state index in [4.69, 9.17) is 15.5 Å². The minimum atomic E-state index is 0.657. The number of aryl methyl sites for hydroxylation is 1. The molecule has 0 atom stereocenters. The van der Waals surface area contributed by atoms with Crippen LogP contribution in [0.5, 0.6) is 5.75 Å². The van der Waals surface area contributed by atoms with Crippen LogP contribution in [0.1, 0.15) is 39.4 Å². The van der Waals surface area contributed by atoms with Gasteiger partial charge in [0.1, 0.15) is 23.1 Å². The Morgan fingerprint density at radius 1 is 1.24 bits per heavy atom. The molecular weight excluding hydrogens is 262 g/mol. The van der Waals surface area contributed by atoms with Crippen LogP contribution in [0.25, 0.3) is 11.3 Å². The van der Waals surface area contributed by atoms with Gasteiger partial charge in [-0.3, -0.25) is 0 Å². The third-order valence-electron chi connectivity index (χ3n) is 3.56. The minimum Gasteiger partial charge on any atom is -0.494 e. The average Bonchev–Trinajstić information content (AvgIpc) is 2.82. The molecule has 0 aliphatic heterocycles. The summed E-state index contributed by atoms with van der Waals surface area (Å²) in [5, 5.41) is 0. The predicted octanol–water partition coefficient (Wildman–Crippen LogP) is 3.89. The summed E-state index contributed by atoms with van der Waals surface area (Å²) in [4.78, 5) is 4.74. The molecule has 1 aromatic carbocycles. The summed E-state index contributed by atoms with van der Waals surface area (Å²) >= 11 is 0. The molecule has 0 bridgehead atoms. The number of imidazole rings is 1. The molecule has 0 aliphatic rings. The van der Waals surface area contributed by atoms with Gasteiger partial charge in [0.2, 0.25) is 0 Å². The zero-order valence-electron chi connectivity index (χ0n) is 13.2. The van der Waals surface area contributed by atoms with Crippen molar-refractivity contribution in [3.63, 3.8) is 0 Å². The van der Waals surface area contributed by atoms with Crippen LogP contribution in [0.4, 0.5) is 5.82 Å². The maximum absolute atomic E-state index is 6.34. The number of rotatable bonds is 7. The highest BCUT2D eigenvalue weighted by molar-refractivity contribution is 5.72.